The van der Waals surface area contributed by atoms with Crippen LogP contribution in [0.2, 0.25) is 0 Å². The van der Waals surface area contributed by atoms with Crippen LogP contribution in [0.3, 0.4) is 0 Å². The molecule has 0 spiro atoms. The van der Waals surface area contributed by atoms with Gasteiger partial charge in [0.2, 0.25) is 0 Å². The van der Waals surface area contributed by atoms with Gasteiger partial charge in [-0.15, -0.1) is 0 Å². The summed E-state index contributed by atoms with van der Waals surface area (Å²) in [6, 6.07) is 8.39. The van der Waals surface area contributed by atoms with E-state index in [9.17, 15) is 4.79 Å². The van der Waals surface area contributed by atoms with Crippen LogP contribution < -0.4 is 10.2 Å². The molecular formula is C20H27N2O+. The zero-order valence-electron chi connectivity index (χ0n) is 13.8. The van der Waals surface area contributed by atoms with E-state index < -0.39 is 0 Å². The number of fused-ring (bicyclic) bond motifs is 1. The lowest BCUT2D eigenvalue weighted by atomic mass is 9.53. The highest BCUT2D eigenvalue weighted by molar-refractivity contribution is 5.96. The molecule has 4 bridgehead atoms. The van der Waals surface area contributed by atoms with Crippen molar-refractivity contribution in [3.63, 3.8) is 0 Å². The topological polar surface area (TPSA) is 36.9 Å². The van der Waals surface area contributed by atoms with Crippen molar-refractivity contribution in [3.05, 3.63) is 29.8 Å². The van der Waals surface area contributed by atoms with Crippen molar-refractivity contribution < 1.29 is 10.1 Å². The number of carbonyl (C=O) groups is 1. The zero-order chi connectivity index (χ0) is 15.4. The van der Waals surface area contributed by atoms with Crippen molar-refractivity contribution in [2.45, 2.75) is 50.5 Å². The smallest absolute Gasteiger partial charge is 0.282 e. The highest BCUT2D eigenvalue weighted by atomic mass is 16.2. The fraction of sp³-hybridized carbons (Fsp3) is 0.650. The standard InChI is InChI=1S/C20H26N2O/c23-19(22-6-5-17-3-1-2-4-18(17)22)13-21-20-10-14-7-15(11-20)9-16(8-14)12-20/h1-4,14-16,21H,5-13H2/p+1. The molecule has 0 aromatic heterocycles. The maximum absolute atomic E-state index is 12.8. The number of nitrogens with zero attached hydrogens (tertiary/aromatic N) is 1. The van der Waals surface area contributed by atoms with Crippen LogP contribution in [-0.4, -0.2) is 24.5 Å². The molecule has 4 aliphatic carbocycles. The third kappa shape index (κ3) is 2.32. The molecule has 0 saturated heterocycles. The highest BCUT2D eigenvalue weighted by Gasteiger charge is 2.53. The van der Waals surface area contributed by atoms with Gasteiger partial charge in [-0.3, -0.25) is 4.79 Å². The van der Waals surface area contributed by atoms with Gasteiger partial charge in [-0.25, -0.2) is 0 Å². The van der Waals surface area contributed by atoms with E-state index in [2.05, 4.69) is 23.5 Å². The Hall–Kier alpha value is -1.35. The monoisotopic (exact) mass is 311 g/mol. The molecular weight excluding hydrogens is 284 g/mol. The maximum Gasteiger partial charge on any atom is 0.282 e. The molecule has 4 fully saturated rings. The molecule has 0 unspecified atom stereocenters. The number of benzene rings is 1. The number of nitrogens with two attached hydrogens (primary N) is 1. The predicted octanol–water partition coefficient (Wildman–Crippen LogP) is 2.11. The van der Waals surface area contributed by atoms with Crippen molar-refractivity contribution in [2.24, 2.45) is 17.8 Å². The molecule has 0 atom stereocenters. The summed E-state index contributed by atoms with van der Waals surface area (Å²) in [7, 11) is 0. The predicted molar refractivity (Wildman–Crippen MR) is 90.2 cm³/mol. The number of amides is 1. The normalized spacial score (nSPS) is 37.2. The Bertz CT molecular complexity index is 603. The summed E-state index contributed by atoms with van der Waals surface area (Å²) in [6.45, 7) is 1.51. The van der Waals surface area contributed by atoms with Crippen LogP contribution in [0.25, 0.3) is 0 Å². The second-order valence-corrected chi connectivity index (χ2v) is 8.61. The summed E-state index contributed by atoms with van der Waals surface area (Å²) in [5.74, 6) is 3.19. The minimum Gasteiger partial charge on any atom is -0.334 e. The summed E-state index contributed by atoms with van der Waals surface area (Å²) in [5.41, 5.74) is 2.89. The van der Waals surface area contributed by atoms with Crippen molar-refractivity contribution in [1.29, 1.82) is 0 Å². The van der Waals surface area contributed by atoms with Crippen LogP contribution >= 0.6 is 0 Å². The maximum atomic E-state index is 12.8. The Kier molecular flexibility index (Phi) is 3.09. The fourth-order valence-electron chi connectivity index (χ4n) is 6.44. The fourth-order valence-corrected chi connectivity index (χ4v) is 6.44. The van der Waals surface area contributed by atoms with Crippen LogP contribution in [-0.2, 0) is 11.2 Å². The Balaban J connectivity index is 1.27. The second kappa shape index (κ2) is 5.07. The molecule has 122 valence electrons. The van der Waals surface area contributed by atoms with Gasteiger partial charge in [0.1, 0.15) is 0 Å². The molecule has 3 heteroatoms. The Morgan fingerprint density at radius 3 is 2.43 bits per heavy atom. The van der Waals surface area contributed by atoms with Crippen LogP contribution in [0.5, 0.6) is 0 Å². The zero-order valence-corrected chi connectivity index (χ0v) is 13.8. The van der Waals surface area contributed by atoms with Gasteiger partial charge >= 0.3 is 0 Å². The first-order chi connectivity index (χ1) is 11.2. The molecule has 1 aliphatic heterocycles. The number of quaternary nitrogens is 1. The van der Waals surface area contributed by atoms with E-state index in [0.29, 0.717) is 18.0 Å². The molecule has 0 radical (unpaired) electrons. The van der Waals surface area contributed by atoms with Crippen LogP contribution in [0.4, 0.5) is 5.69 Å². The summed E-state index contributed by atoms with van der Waals surface area (Å²) >= 11 is 0. The third-order valence-corrected chi connectivity index (χ3v) is 6.98. The van der Waals surface area contributed by atoms with E-state index >= 15 is 0 Å². The third-order valence-electron chi connectivity index (χ3n) is 6.98. The average Bonchev–Trinajstić information content (AvgIpc) is 2.95. The first kappa shape index (κ1) is 14.0. The molecule has 1 heterocycles. The minimum atomic E-state index is 0.311. The van der Waals surface area contributed by atoms with Gasteiger partial charge in [-0.1, -0.05) is 18.2 Å². The van der Waals surface area contributed by atoms with E-state index in [1.165, 1.54) is 44.1 Å². The van der Waals surface area contributed by atoms with Crippen LogP contribution in [0, 0.1) is 17.8 Å². The summed E-state index contributed by atoms with van der Waals surface area (Å²) in [6.07, 6.45) is 9.52. The summed E-state index contributed by atoms with van der Waals surface area (Å²) in [5, 5.41) is 2.45. The van der Waals surface area contributed by atoms with Crippen LogP contribution in [0.1, 0.15) is 44.1 Å². The summed E-state index contributed by atoms with van der Waals surface area (Å²) in [4.78, 5) is 14.8. The van der Waals surface area contributed by atoms with E-state index in [1.807, 2.05) is 11.0 Å². The number of anilines is 1. The van der Waals surface area contributed by atoms with E-state index in [-0.39, 0.29) is 0 Å². The van der Waals surface area contributed by atoms with Gasteiger partial charge in [-0.05, 0) is 55.1 Å². The Morgan fingerprint density at radius 2 is 1.74 bits per heavy atom. The van der Waals surface area contributed by atoms with E-state index in [1.54, 1.807) is 0 Å². The number of hydrogen-bond acceptors (Lipinski definition) is 1. The van der Waals surface area contributed by atoms with Gasteiger partial charge in [0.25, 0.3) is 5.91 Å². The highest BCUT2D eigenvalue weighted by Crippen LogP contribution is 2.54. The van der Waals surface area contributed by atoms with Gasteiger partial charge in [0, 0.05) is 31.5 Å². The van der Waals surface area contributed by atoms with Crippen molar-refractivity contribution >= 4 is 11.6 Å². The van der Waals surface area contributed by atoms with Crippen molar-refractivity contribution in [3.8, 4) is 0 Å². The van der Waals surface area contributed by atoms with Gasteiger partial charge < -0.3 is 10.2 Å². The number of para-hydroxylation sites is 1. The van der Waals surface area contributed by atoms with Gasteiger partial charge in [0.15, 0.2) is 6.54 Å². The van der Waals surface area contributed by atoms with E-state index in [4.69, 9.17) is 0 Å². The largest absolute Gasteiger partial charge is 0.334 e. The lowest BCUT2D eigenvalue weighted by molar-refractivity contribution is -0.729. The number of carbonyl (C=O) groups excluding carboxylic acids is 1. The molecule has 5 aliphatic rings. The molecule has 1 aromatic rings. The molecule has 2 N–H and O–H groups in total. The molecule has 4 saturated carbocycles. The lowest BCUT2D eigenvalue weighted by Gasteiger charge is -2.54. The van der Waals surface area contributed by atoms with E-state index in [0.717, 1.165) is 36.4 Å². The summed E-state index contributed by atoms with van der Waals surface area (Å²) < 4.78 is 0. The minimum absolute atomic E-state index is 0.311. The SMILES string of the molecule is O=C(C[NH2+]C12CC3CC(CC(C3)C1)C2)N1CCc2ccccc21. The lowest BCUT2D eigenvalue weighted by Crippen LogP contribution is -3.00. The van der Waals surface area contributed by atoms with Gasteiger partial charge in [-0.2, -0.15) is 0 Å². The number of hydrogen-bond donors (Lipinski definition) is 1. The van der Waals surface area contributed by atoms with Crippen LogP contribution in [0.15, 0.2) is 24.3 Å². The van der Waals surface area contributed by atoms with Gasteiger partial charge in [0.05, 0.1) is 5.54 Å². The van der Waals surface area contributed by atoms with Crippen molar-refractivity contribution in [1.82, 2.24) is 0 Å². The number of rotatable bonds is 3. The Morgan fingerprint density at radius 1 is 1.09 bits per heavy atom. The molecule has 23 heavy (non-hydrogen) atoms. The second-order valence-electron chi connectivity index (χ2n) is 8.61. The van der Waals surface area contributed by atoms with Crippen molar-refractivity contribution in [2.75, 3.05) is 18.0 Å². The average molecular weight is 311 g/mol. The molecule has 6 rings (SSSR count). The first-order valence-corrected chi connectivity index (χ1v) is 9.43. The molecule has 1 aromatic carbocycles. The Labute approximate surface area is 138 Å². The molecule has 1 amide bonds. The first-order valence-electron chi connectivity index (χ1n) is 9.43. The quantitative estimate of drug-likeness (QED) is 0.912. The molecule has 3 nitrogen and oxygen atoms in total.